The normalized spacial score (nSPS) is 12.0. The summed E-state index contributed by atoms with van der Waals surface area (Å²) in [6.07, 6.45) is 0.432. The van der Waals surface area contributed by atoms with Crippen LogP contribution in [0.3, 0.4) is 0 Å². The van der Waals surface area contributed by atoms with Gasteiger partial charge < -0.3 is 15.7 Å². The summed E-state index contributed by atoms with van der Waals surface area (Å²) in [5, 5.41) is 15.9. The average Bonchev–Trinajstić information content (AvgIpc) is 2.91. The minimum Gasteiger partial charge on any atom is -0.480 e. The molecule has 6 nitrogen and oxygen atoms in total. The standard InChI is InChI=1S/C14H20N2O4S/c1-9(2)8-10(14(19)20)16-12(17)5-6-15-13(18)11-4-3-7-21-11/h3-4,7,9-10H,5-6,8H2,1-2H3,(H,15,18)(H,16,17)(H,19,20)/t10-/m0/s1. The zero-order valence-electron chi connectivity index (χ0n) is 12.1. The van der Waals surface area contributed by atoms with Gasteiger partial charge in [0, 0.05) is 13.0 Å². The predicted octanol–water partition coefficient (Wildman–Crippen LogP) is 1.48. The Morgan fingerprint density at radius 3 is 2.57 bits per heavy atom. The lowest BCUT2D eigenvalue weighted by molar-refractivity contribution is -0.142. The van der Waals surface area contributed by atoms with E-state index < -0.39 is 12.0 Å². The van der Waals surface area contributed by atoms with Crippen LogP contribution in [0.2, 0.25) is 0 Å². The first kappa shape index (κ1) is 17.2. The van der Waals surface area contributed by atoms with E-state index in [1.165, 1.54) is 11.3 Å². The minimum atomic E-state index is -1.04. The molecular weight excluding hydrogens is 292 g/mol. The maximum atomic E-state index is 11.7. The van der Waals surface area contributed by atoms with Crippen molar-refractivity contribution in [2.45, 2.75) is 32.7 Å². The summed E-state index contributed by atoms with van der Waals surface area (Å²) >= 11 is 1.32. The van der Waals surface area contributed by atoms with Crippen LogP contribution in [0, 0.1) is 5.92 Å². The Morgan fingerprint density at radius 2 is 2.05 bits per heavy atom. The Labute approximate surface area is 127 Å². The van der Waals surface area contributed by atoms with Crippen LogP contribution in [0.15, 0.2) is 17.5 Å². The molecule has 0 aromatic carbocycles. The smallest absolute Gasteiger partial charge is 0.326 e. The van der Waals surface area contributed by atoms with Crippen LogP contribution in [0.4, 0.5) is 0 Å². The Hall–Kier alpha value is -1.89. The van der Waals surface area contributed by atoms with Gasteiger partial charge in [-0.15, -0.1) is 11.3 Å². The first-order chi connectivity index (χ1) is 9.90. The third kappa shape index (κ3) is 6.40. The number of carbonyl (C=O) groups excluding carboxylic acids is 2. The molecule has 0 radical (unpaired) electrons. The van der Waals surface area contributed by atoms with Crippen molar-refractivity contribution in [3.05, 3.63) is 22.4 Å². The van der Waals surface area contributed by atoms with E-state index in [4.69, 9.17) is 5.11 Å². The second-order valence-corrected chi connectivity index (χ2v) is 6.02. The van der Waals surface area contributed by atoms with Crippen molar-refractivity contribution in [1.29, 1.82) is 0 Å². The van der Waals surface area contributed by atoms with Crippen molar-refractivity contribution in [1.82, 2.24) is 10.6 Å². The molecule has 1 atom stereocenters. The highest BCUT2D eigenvalue weighted by Gasteiger charge is 2.20. The number of carbonyl (C=O) groups is 3. The van der Waals surface area contributed by atoms with E-state index in [9.17, 15) is 14.4 Å². The lowest BCUT2D eigenvalue weighted by Crippen LogP contribution is -2.42. The van der Waals surface area contributed by atoms with Crippen molar-refractivity contribution < 1.29 is 19.5 Å². The van der Waals surface area contributed by atoms with Crippen LogP contribution in [-0.2, 0) is 9.59 Å². The molecule has 0 aliphatic heterocycles. The molecule has 0 unspecified atom stereocenters. The number of hydrogen-bond acceptors (Lipinski definition) is 4. The summed E-state index contributed by atoms with van der Waals surface area (Å²) < 4.78 is 0. The Balaban J connectivity index is 2.32. The molecule has 1 heterocycles. The number of thiophene rings is 1. The van der Waals surface area contributed by atoms with E-state index >= 15 is 0 Å². The third-order valence-corrected chi connectivity index (χ3v) is 3.59. The molecule has 0 saturated carbocycles. The van der Waals surface area contributed by atoms with Gasteiger partial charge in [0.2, 0.25) is 5.91 Å². The molecule has 0 fully saturated rings. The topological polar surface area (TPSA) is 95.5 Å². The fourth-order valence-corrected chi connectivity index (χ4v) is 2.38. The molecule has 0 aliphatic carbocycles. The number of hydrogen-bond donors (Lipinski definition) is 3. The quantitative estimate of drug-likeness (QED) is 0.677. The van der Waals surface area contributed by atoms with Gasteiger partial charge in [0.05, 0.1) is 4.88 Å². The second kappa shape index (κ2) is 8.41. The van der Waals surface area contributed by atoms with E-state index in [0.29, 0.717) is 11.3 Å². The van der Waals surface area contributed by atoms with Crippen LogP contribution >= 0.6 is 11.3 Å². The monoisotopic (exact) mass is 312 g/mol. The first-order valence-corrected chi connectivity index (χ1v) is 7.62. The second-order valence-electron chi connectivity index (χ2n) is 5.07. The van der Waals surface area contributed by atoms with Gasteiger partial charge in [-0.1, -0.05) is 19.9 Å². The average molecular weight is 312 g/mol. The van der Waals surface area contributed by atoms with Gasteiger partial charge in [0.1, 0.15) is 6.04 Å². The molecule has 0 aliphatic rings. The van der Waals surface area contributed by atoms with E-state index in [0.717, 1.165) is 0 Å². The van der Waals surface area contributed by atoms with Gasteiger partial charge in [-0.2, -0.15) is 0 Å². The van der Waals surface area contributed by atoms with Crippen molar-refractivity contribution in [2.24, 2.45) is 5.92 Å². The molecule has 1 rings (SSSR count). The maximum absolute atomic E-state index is 11.7. The van der Waals surface area contributed by atoms with Gasteiger partial charge in [0.15, 0.2) is 0 Å². The number of carboxylic acids is 1. The van der Waals surface area contributed by atoms with Crippen LogP contribution in [-0.4, -0.2) is 35.5 Å². The molecule has 2 amide bonds. The van der Waals surface area contributed by atoms with Gasteiger partial charge in [0.25, 0.3) is 5.91 Å². The zero-order valence-corrected chi connectivity index (χ0v) is 12.9. The van der Waals surface area contributed by atoms with Crippen molar-refractivity contribution in [3.8, 4) is 0 Å². The molecule has 0 spiro atoms. The Kier molecular flexibility index (Phi) is 6.87. The van der Waals surface area contributed by atoms with E-state index in [2.05, 4.69) is 10.6 Å². The Morgan fingerprint density at radius 1 is 1.33 bits per heavy atom. The number of rotatable bonds is 8. The fourth-order valence-electron chi connectivity index (χ4n) is 1.74. The SMILES string of the molecule is CC(C)C[C@H](NC(=O)CCNC(=O)c1cccs1)C(=O)O. The first-order valence-electron chi connectivity index (χ1n) is 6.74. The molecule has 1 aromatic heterocycles. The predicted molar refractivity (Wildman–Crippen MR) is 80.3 cm³/mol. The number of carboxylic acid groups (broad SMARTS) is 1. The van der Waals surface area contributed by atoms with Crippen molar-refractivity contribution in [3.63, 3.8) is 0 Å². The van der Waals surface area contributed by atoms with Gasteiger partial charge in [-0.3, -0.25) is 9.59 Å². The molecule has 0 bridgehead atoms. The van der Waals surface area contributed by atoms with Crippen LogP contribution in [0.25, 0.3) is 0 Å². The summed E-state index contributed by atoms with van der Waals surface area (Å²) in [6, 6.07) is 2.59. The maximum Gasteiger partial charge on any atom is 0.326 e. The summed E-state index contributed by atoms with van der Waals surface area (Å²) in [6.45, 7) is 3.96. The molecule has 7 heteroatoms. The summed E-state index contributed by atoms with van der Waals surface area (Å²) in [7, 11) is 0. The van der Waals surface area contributed by atoms with Crippen LogP contribution < -0.4 is 10.6 Å². The number of amides is 2. The highest BCUT2D eigenvalue weighted by atomic mass is 32.1. The minimum absolute atomic E-state index is 0.0546. The molecule has 1 aromatic rings. The van der Waals surface area contributed by atoms with Crippen molar-refractivity contribution >= 4 is 29.1 Å². The molecule has 21 heavy (non-hydrogen) atoms. The third-order valence-electron chi connectivity index (χ3n) is 2.72. The lowest BCUT2D eigenvalue weighted by atomic mass is 10.0. The highest BCUT2D eigenvalue weighted by Crippen LogP contribution is 2.07. The summed E-state index contributed by atoms with van der Waals surface area (Å²) in [5.41, 5.74) is 0. The van der Waals surface area contributed by atoms with E-state index in [1.807, 2.05) is 13.8 Å². The highest BCUT2D eigenvalue weighted by molar-refractivity contribution is 7.12. The van der Waals surface area contributed by atoms with Crippen LogP contribution in [0.5, 0.6) is 0 Å². The Bertz CT molecular complexity index is 485. The van der Waals surface area contributed by atoms with Crippen LogP contribution in [0.1, 0.15) is 36.4 Å². The van der Waals surface area contributed by atoms with Gasteiger partial charge in [-0.25, -0.2) is 4.79 Å². The molecule has 116 valence electrons. The molecule has 0 saturated heterocycles. The molecule has 3 N–H and O–H groups in total. The van der Waals surface area contributed by atoms with Crippen molar-refractivity contribution in [2.75, 3.05) is 6.54 Å². The van der Waals surface area contributed by atoms with Gasteiger partial charge >= 0.3 is 5.97 Å². The molecular formula is C14H20N2O4S. The summed E-state index contributed by atoms with van der Waals surface area (Å²) in [4.78, 5) is 34.9. The van der Waals surface area contributed by atoms with E-state index in [-0.39, 0.29) is 30.7 Å². The number of nitrogens with one attached hydrogen (secondary N) is 2. The summed E-state index contributed by atoms with van der Waals surface area (Å²) in [5.74, 6) is -1.48. The largest absolute Gasteiger partial charge is 0.480 e. The van der Waals surface area contributed by atoms with E-state index in [1.54, 1.807) is 17.5 Å². The van der Waals surface area contributed by atoms with Gasteiger partial charge in [-0.05, 0) is 23.8 Å². The lowest BCUT2D eigenvalue weighted by Gasteiger charge is -2.16. The fraction of sp³-hybridized carbons (Fsp3) is 0.500. The number of aliphatic carboxylic acids is 1. The zero-order chi connectivity index (χ0) is 15.8.